The molecule has 2 heteroatoms. The summed E-state index contributed by atoms with van der Waals surface area (Å²) in [5.41, 5.74) is 17.6. The monoisotopic (exact) mass is 728 g/mol. The van der Waals surface area contributed by atoms with Gasteiger partial charge in [0, 0.05) is 33.5 Å². The number of aromatic nitrogens is 1. The molecule has 0 aliphatic rings. The lowest BCUT2D eigenvalue weighted by molar-refractivity contribution is 1.18. The van der Waals surface area contributed by atoms with E-state index >= 15 is 0 Å². The molecule has 0 saturated carbocycles. The first-order chi connectivity index (χ1) is 28.2. The van der Waals surface area contributed by atoms with Gasteiger partial charge in [0.25, 0.3) is 0 Å². The Morgan fingerprint density at radius 2 is 0.684 bits per heavy atom. The minimum Gasteiger partial charge on any atom is -0.311 e. The van der Waals surface area contributed by atoms with E-state index in [1.54, 1.807) is 0 Å². The van der Waals surface area contributed by atoms with Crippen LogP contribution in [0.15, 0.2) is 224 Å². The number of nitrogens with zero attached hydrogens (tertiary/aromatic N) is 2. The van der Waals surface area contributed by atoms with Crippen molar-refractivity contribution < 1.29 is 0 Å². The van der Waals surface area contributed by atoms with Gasteiger partial charge in [-0.05, 0) is 118 Å². The number of fused-ring (bicyclic) bond motifs is 3. The van der Waals surface area contributed by atoms with Crippen LogP contribution in [0.1, 0.15) is 5.56 Å². The number of para-hydroxylation sites is 2. The Hall–Kier alpha value is -7.42. The third-order valence-electron chi connectivity index (χ3n) is 11.0. The van der Waals surface area contributed by atoms with Crippen molar-refractivity contribution in [3.05, 3.63) is 230 Å². The van der Waals surface area contributed by atoms with Crippen LogP contribution in [0, 0.1) is 6.92 Å². The molecule has 1 heterocycles. The van der Waals surface area contributed by atoms with Gasteiger partial charge in [0.1, 0.15) is 0 Å². The van der Waals surface area contributed by atoms with Gasteiger partial charge in [0.15, 0.2) is 0 Å². The van der Waals surface area contributed by atoms with Gasteiger partial charge in [-0.25, -0.2) is 0 Å². The number of rotatable bonds is 8. The molecule has 57 heavy (non-hydrogen) atoms. The molecule has 0 fully saturated rings. The summed E-state index contributed by atoms with van der Waals surface area (Å²) in [6.45, 7) is 2.14. The third-order valence-corrected chi connectivity index (χ3v) is 11.0. The van der Waals surface area contributed by atoms with E-state index in [1.165, 1.54) is 66.3 Å². The molecule has 0 aliphatic carbocycles. The average molecular weight is 729 g/mol. The van der Waals surface area contributed by atoms with Crippen LogP contribution in [0.3, 0.4) is 0 Å². The molecule has 9 aromatic carbocycles. The first-order valence-corrected chi connectivity index (χ1v) is 19.6. The van der Waals surface area contributed by atoms with E-state index in [0.717, 1.165) is 28.3 Å². The van der Waals surface area contributed by atoms with Crippen molar-refractivity contribution in [3.63, 3.8) is 0 Å². The first kappa shape index (κ1) is 34.1. The zero-order valence-corrected chi connectivity index (χ0v) is 31.8. The van der Waals surface area contributed by atoms with Gasteiger partial charge in [-0.2, -0.15) is 0 Å². The Kier molecular flexibility index (Phi) is 8.78. The minimum absolute atomic E-state index is 1.09. The summed E-state index contributed by atoms with van der Waals surface area (Å²) in [5, 5.41) is 2.51. The fourth-order valence-corrected chi connectivity index (χ4v) is 8.22. The number of benzene rings is 9. The number of aryl methyl sites for hydroxylation is 1. The molecule has 1 aromatic heterocycles. The number of anilines is 3. The lowest BCUT2D eigenvalue weighted by Crippen LogP contribution is -2.09. The number of hydrogen-bond donors (Lipinski definition) is 0. The van der Waals surface area contributed by atoms with Crippen LogP contribution in [0.4, 0.5) is 17.1 Å². The van der Waals surface area contributed by atoms with Crippen molar-refractivity contribution in [2.45, 2.75) is 6.92 Å². The zero-order valence-electron chi connectivity index (χ0n) is 31.8. The molecule has 0 bridgehead atoms. The van der Waals surface area contributed by atoms with Crippen LogP contribution in [0.25, 0.3) is 72.0 Å². The summed E-state index contributed by atoms with van der Waals surface area (Å²) in [4.78, 5) is 2.35. The van der Waals surface area contributed by atoms with E-state index in [4.69, 9.17) is 0 Å². The highest BCUT2D eigenvalue weighted by Crippen LogP contribution is 2.40. The van der Waals surface area contributed by atoms with Gasteiger partial charge in [0.2, 0.25) is 0 Å². The molecule has 0 unspecified atom stereocenters. The second-order valence-electron chi connectivity index (χ2n) is 14.7. The van der Waals surface area contributed by atoms with Gasteiger partial charge in [0.05, 0.1) is 11.0 Å². The van der Waals surface area contributed by atoms with Gasteiger partial charge >= 0.3 is 0 Å². The Balaban J connectivity index is 1.08. The maximum Gasteiger partial charge on any atom is 0.0541 e. The van der Waals surface area contributed by atoms with E-state index in [1.807, 2.05) is 0 Å². The van der Waals surface area contributed by atoms with Crippen molar-refractivity contribution in [1.29, 1.82) is 0 Å². The molecule has 0 radical (unpaired) electrons. The molecule has 270 valence electrons. The SMILES string of the molecule is Cc1cccc(-c2ccc(N(c3ccc(-c4ccccc4)cc3)c3ccc(-c4cc(-c5ccccc5)cc(-n5c6ccccc6c6ccccc65)c4)cc3)cc2)c1. The summed E-state index contributed by atoms with van der Waals surface area (Å²) in [5.74, 6) is 0. The van der Waals surface area contributed by atoms with Gasteiger partial charge in [-0.3, -0.25) is 0 Å². The molecule has 10 aromatic rings. The van der Waals surface area contributed by atoms with Gasteiger partial charge in [-0.15, -0.1) is 0 Å². The molecular formula is C55H40N2. The van der Waals surface area contributed by atoms with Gasteiger partial charge < -0.3 is 9.47 Å². The predicted octanol–water partition coefficient (Wildman–Crippen LogP) is 15.2. The van der Waals surface area contributed by atoms with E-state index < -0.39 is 0 Å². The van der Waals surface area contributed by atoms with E-state index in [9.17, 15) is 0 Å². The molecule has 0 atom stereocenters. The van der Waals surface area contributed by atoms with E-state index in [2.05, 4.69) is 241 Å². The highest BCUT2D eigenvalue weighted by molar-refractivity contribution is 6.09. The second kappa shape index (κ2) is 14.7. The van der Waals surface area contributed by atoms with Crippen LogP contribution in [0.5, 0.6) is 0 Å². The van der Waals surface area contributed by atoms with Crippen molar-refractivity contribution in [2.24, 2.45) is 0 Å². The van der Waals surface area contributed by atoms with Crippen LogP contribution in [-0.2, 0) is 0 Å². The van der Waals surface area contributed by atoms with Crippen LogP contribution in [0.2, 0.25) is 0 Å². The normalized spacial score (nSPS) is 11.2. The largest absolute Gasteiger partial charge is 0.311 e. The fraction of sp³-hybridized carbons (Fsp3) is 0.0182. The van der Waals surface area contributed by atoms with E-state index in [0.29, 0.717) is 0 Å². The Bertz CT molecular complexity index is 2920. The Morgan fingerprint density at radius 1 is 0.298 bits per heavy atom. The maximum absolute atomic E-state index is 2.41. The van der Waals surface area contributed by atoms with Crippen LogP contribution >= 0.6 is 0 Å². The highest BCUT2D eigenvalue weighted by atomic mass is 15.1. The predicted molar refractivity (Wildman–Crippen MR) is 242 cm³/mol. The highest BCUT2D eigenvalue weighted by Gasteiger charge is 2.17. The summed E-state index contributed by atoms with van der Waals surface area (Å²) >= 11 is 0. The van der Waals surface area contributed by atoms with Crippen molar-refractivity contribution in [3.8, 4) is 50.2 Å². The zero-order chi connectivity index (χ0) is 38.1. The quantitative estimate of drug-likeness (QED) is 0.151. The van der Waals surface area contributed by atoms with E-state index in [-0.39, 0.29) is 0 Å². The van der Waals surface area contributed by atoms with Gasteiger partial charge in [-0.1, -0.05) is 163 Å². The number of hydrogen-bond acceptors (Lipinski definition) is 1. The van der Waals surface area contributed by atoms with Crippen LogP contribution in [-0.4, -0.2) is 4.57 Å². The van der Waals surface area contributed by atoms with Crippen molar-refractivity contribution in [1.82, 2.24) is 4.57 Å². The average Bonchev–Trinajstić information content (AvgIpc) is 3.62. The third kappa shape index (κ3) is 6.58. The maximum atomic E-state index is 2.41. The molecule has 0 amide bonds. The molecule has 0 saturated heterocycles. The first-order valence-electron chi connectivity index (χ1n) is 19.6. The van der Waals surface area contributed by atoms with Crippen LogP contribution < -0.4 is 4.90 Å². The van der Waals surface area contributed by atoms with Crippen molar-refractivity contribution in [2.75, 3.05) is 4.90 Å². The molecular weight excluding hydrogens is 689 g/mol. The Morgan fingerprint density at radius 3 is 1.18 bits per heavy atom. The molecule has 0 N–H and O–H groups in total. The summed E-state index contributed by atoms with van der Waals surface area (Å²) in [6, 6.07) is 81.3. The second-order valence-corrected chi connectivity index (χ2v) is 14.7. The fourth-order valence-electron chi connectivity index (χ4n) is 8.22. The topological polar surface area (TPSA) is 8.17 Å². The summed E-state index contributed by atoms with van der Waals surface area (Å²) in [7, 11) is 0. The minimum atomic E-state index is 1.09. The molecule has 10 rings (SSSR count). The summed E-state index contributed by atoms with van der Waals surface area (Å²) < 4.78 is 2.41. The molecule has 2 nitrogen and oxygen atoms in total. The lowest BCUT2D eigenvalue weighted by atomic mass is 9.97. The lowest BCUT2D eigenvalue weighted by Gasteiger charge is -2.26. The summed E-state index contributed by atoms with van der Waals surface area (Å²) in [6.07, 6.45) is 0. The smallest absolute Gasteiger partial charge is 0.0541 e. The molecule has 0 aliphatic heterocycles. The molecule has 0 spiro atoms. The van der Waals surface area contributed by atoms with Crippen molar-refractivity contribution >= 4 is 38.9 Å². The standard InChI is InChI=1S/C55H40N2/c1-39-13-12-18-45(35-39)43-25-31-49(32-26-43)56(48-29-23-42(24-30-48)40-14-4-2-5-15-40)50-33-27-44(28-34-50)47-36-46(41-16-6-3-7-17-41)37-51(38-47)57-54-21-10-8-19-52(54)53-20-9-11-22-55(53)57/h2-38H,1H3. The Labute approximate surface area is 334 Å².